The summed E-state index contributed by atoms with van der Waals surface area (Å²) in [5.74, 6) is 1.68. The van der Waals surface area contributed by atoms with Crippen molar-refractivity contribution in [1.29, 1.82) is 0 Å². The standard InChI is InChI=1S/C27H30N2O6S/c1-19-4-10-24(20(2)16-19)33-13-12-28-27(30)22-7-5-21(6-8-22)18-29(36(3,31)32)23-9-11-25-26(17-23)35-15-14-34-25/h4-11,16-17H,12-15,18H2,1-3H3,(H,28,30). The van der Waals surface area contributed by atoms with Crippen molar-refractivity contribution < 1.29 is 27.4 Å². The van der Waals surface area contributed by atoms with E-state index in [2.05, 4.69) is 5.32 Å². The van der Waals surface area contributed by atoms with E-state index in [4.69, 9.17) is 14.2 Å². The Hall–Kier alpha value is -3.72. The van der Waals surface area contributed by atoms with E-state index < -0.39 is 10.0 Å². The molecule has 1 heterocycles. The summed E-state index contributed by atoms with van der Waals surface area (Å²) in [4.78, 5) is 12.5. The van der Waals surface area contributed by atoms with Gasteiger partial charge in [-0.3, -0.25) is 9.10 Å². The third kappa shape index (κ3) is 6.28. The molecular formula is C27H30N2O6S. The molecule has 0 saturated heterocycles. The number of nitrogens with zero attached hydrogens (tertiary/aromatic N) is 1. The van der Waals surface area contributed by atoms with Crippen LogP contribution in [0.4, 0.5) is 5.69 Å². The van der Waals surface area contributed by atoms with Crippen molar-refractivity contribution in [3.8, 4) is 17.2 Å². The molecule has 1 aliphatic rings. The molecule has 0 aliphatic carbocycles. The maximum atomic E-state index is 12.5. The molecule has 190 valence electrons. The number of anilines is 1. The van der Waals surface area contributed by atoms with E-state index in [1.807, 2.05) is 32.0 Å². The minimum atomic E-state index is -3.57. The minimum absolute atomic E-state index is 0.115. The molecule has 8 nitrogen and oxygen atoms in total. The molecule has 0 radical (unpaired) electrons. The second-order valence-corrected chi connectivity index (χ2v) is 10.6. The molecule has 0 atom stereocenters. The topological polar surface area (TPSA) is 94.2 Å². The lowest BCUT2D eigenvalue weighted by atomic mass is 10.1. The van der Waals surface area contributed by atoms with Gasteiger partial charge < -0.3 is 19.5 Å². The molecular weight excluding hydrogens is 480 g/mol. The number of nitrogens with one attached hydrogen (secondary N) is 1. The van der Waals surface area contributed by atoms with Crippen LogP contribution in [0.2, 0.25) is 0 Å². The average Bonchev–Trinajstić information content (AvgIpc) is 2.85. The van der Waals surface area contributed by atoms with Crippen LogP contribution in [0.5, 0.6) is 17.2 Å². The fourth-order valence-electron chi connectivity index (χ4n) is 3.90. The Labute approximate surface area is 211 Å². The molecule has 36 heavy (non-hydrogen) atoms. The third-order valence-electron chi connectivity index (χ3n) is 5.73. The summed E-state index contributed by atoms with van der Waals surface area (Å²) in [7, 11) is -3.57. The van der Waals surface area contributed by atoms with Gasteiger partial charge >= 0.3 is 0 Å². The summed E-state index contributed by atoms with van der Waals surface area (Å²) in [6.45, 7) is 5.72. The number of rotatable bonds is 9. The molecule has 9 heteroatoms. The Morgan fingerprint density at radius 3 is 2.39 bits per heavy atom. The summed E-state index contributed by atoms with van der Waals surface area (Å²) < 4.78 is 43.3. The number of carbonyl (C=O) groups is 1. The Morgan fingerprint density at radius 1 is 0.972 bits per heavy atom. The van der Waals surface area contributed by atoms with Gasteiger partial charge in [0.25, 0.3) is 5.91 Å². The summed E-state index contributed by atoms with van der Waals surface area (Å²) >= 11 is 0. The van der Waals surface area contributed by atoms with Crippen LogP contribution >= 0.6 is 0 Å². The van der Waals surface area contributed by atoms with Gasteiger partial charge in [-0.05, 0) is 55.3 Å². The molecule has 3 aromatic carbocycles. The predicted molar refractivity (Wildman–Crippen MR) is 139 cm³/mol. The van der Waals surface area contributed by atoms with Crippen LogP contribution < -0.4 is 23.8 Å². The van der Waals surface area contributed by atoms with E-state index in [9.17, 15) is 13.2 Å². The monoisotopic (exact) mass is 510 g/mol. The van der Waals surface area contributed by atoms with Crippen molar-refractivity contribution in [3.63, 3.8) is 0 Å². The van der Waals surface area contributed by atoms with Crippen LogP contribution in [0.15, 0.2) is 60.7 Å². The van der Waals surface area contributed by atoms with Crippen molar-refractivity contribution >= 4 is 21.6 Å². The van der Waals surface area contributed by atoms with Crippen LogP contribution in [0.25, 0.3) is 0 Å². The van der Waals surface area contributed by atoms with Crippen molar-refractivity contribution in [3.05, 3.63) is 82.9 Å². The lowest BCUT2D eigenvalue weighted by molar-refractivity contribution is 0.0947. The Morgan fingerprint density at radius 2 is 1.69 bits per heavy atom. The van der Waals surface area contributed by atoms with Crippen LogP contribution in [0.3, 0.4) is 0 Å². The quantitative estimate of drug-likeness (QED) is 0.440. The lowest BCUT2D eigenvalue weighted by Gasteiger charge is -2.25. The second-order valence-electron chi connectivity index (χ2n) is 8.67. The van der Waals surface area contributed by atoms with E-state index in [1.165, 1.54) is 9.87 Å². The molecule has 0 spiro atoms. The zero-order valence-corrected chi connectivity index (χ0v) is 21.4. The van der Waals surface area contributed by atoms with E-state index in [0.717, 1.165) is 23.1 Å². The molecule has 0 aromatic heterocycles. The number of sulfonamides is 1. The van der Waals surface area contributed by atoms with Gasteiger partial charge in [0.1, 0.15) is 25.6 Å². The molecule has 1 amide bonds. The Kier molecular flexibility index (Phi) is 7.69. The number of hydrogen-bond donors (Lipinski definition) is 1. The zero-order chi connectivity index (χ0) is 25.7. The second kappa shape index (κ2) is 10.9. The first-order valence-electron chi connectivity index (χ1n) is 11.7. The summed E-state index contributed by atoms with van der Waals surface area (Å²) in [5, 5.41) is 2.84. The fraction of sp³-hybridized carbons (Fsp3) is 0.296. The number of hydrogen-bond acceptors (Lipinski definition) is 6. The number of benzene rings is 3. The Balaban J connectivity index is 1.36. The molecule has 1 aliphatic heterocycles. The van der Waals surface area contributed by atoms with Crippen LogP contribution in [-0.2, 0) is 16.6 Å². The van der Waals surface area contributed by atoms with Gasteiger partial charge in [0, 0.05) is 11.6 Å². The Bertz CT molecular complexity index is 1340. The summed E-state index contributed by atoms with van der Waals surface area (Å²) in [6.07, 6.45) is 1.16. The SMILES string of the molecule is Cc1ccc(OCCNC(=O)c2ccc(CN(c3ccc4c(c3)OCCO4)S(C)(=O)=O)cc2)c(C)c1. The number of ether oxygens (including phenoxy) is 3. The largest absolute Gasteiger partial charge is 0.491 e. The van der Waals surface area contributed by atoms with Crippen LogP contribution in [0, 0.1) is 13.8 Å². The summed E-state index contributed by atoms with van der Waals surface area (Å²) in [6, 6.07) is 17.9. The van der Waals surface area contributed by atoms with Crippen molar-refractivity contribution in [2.75, 3.05) is 36.9 Å². The molecule has 4 rings (SSSR count). The van der Waals surface area contributed by atoms with Crippen molar-refractivity contribution in [2.24, 2.45) is 0 Å². The van der Waals surface area contributed by atoms with Crippen LogP contribution in [0.1, 0.15) is 27.0 Å². The first-order valence-corrected chi connectivity index (χ1v) is 13.5. The van der Waals surface area contributed by atoms with Gasteiger partial charge in [-0.15, -0.1) is 0 Å². The lowest BCUT2D eigenvalue weighted by Crippen LogP contribution is -2.30. The van der Waals surface area contributed by atoms with Gasteiger partial charge in [0.15, 0.2) is 11.5 Å². The smallest absolute Gasteiger partial charge is 0.251 e. The molecule has 0 saturated carbocycles. The number of amides is 1. The molecule has 0 bridgehead atoms. The van der Waals surface area contributed by atoms with Gasteiger partial charge in [0.2, 0.25) is 10.0 Å². The fourth-order valence-corrected chi connectivity index (χ4v) is 4.78. The van der Waals surface area contributed by atoms with Crippen LogP contribution in [-0.4, -0.2) is 46.9 Å². The molecule has 1 N–H and O–H groups in total. The first kappa shape index (κ1) is 25.4. The van der Waals surface area contributed by atoms with Gasteiger partial charge in [-0.25, -0.2) is 8.42 Å². The van der Waals surface area contributed by atoms with Gasteiger partial charge in [-0.1, -0.05) is 29.8 Å². The molecule has 0 unspecified atom stereocenters. The van der Waals surface area contributed by atoms with E-state index in [1.54, 1.807) is 42.5 Å². The maximum Gasteiger partial charge on any atom is 0.251 e. The van der Waals surface area contributed by atoms with Crippen molar-refractivity contribution in [1.82, 2.24) is 5.32 Å². The highest BCUT2D eigenvalue weighted by atomic mass is 32.2. The number of aryl methyl sites for hydroxylation is 2. The van der Waals surface area contributed by atoms with Gasteiger partial charge in [-0.2, -0.15) is 0 Å². The normalized spacial score (nSPS) is 12.6. The summed E-state index contributed by atoms with van der Waals surface area (Å²) in [5.41, 5.74) is 3.92. The highest BCUT2D eigenvalue weighted by Crippen LogP contribution is 2.35. The van der Waals surface area contributed by atoms with Crippen molar-refractivity contribution in [2.45, 2.75) is 20.4 Å². The maximum absolute atomic E-state index is 12.5. The molecule has 0 fully saturated rings. The predicted octanol–water partition coefficient (Wildman–Crippen LogP) is 3.85. The number of fused-ring (bicyclic) bond motifs is 1. The minimum Gasteiger partial charge on any atom is -0.491 e. The number of carbonyl (C=O) groups excluding carboxylic acids is 1. The van der Waals surface area contributed by atoms with E-state index in [0.29, 0.717) is 49.1 Å². The zero-order valence-electron chi connectivity index (χ0n) is 20.6. The third-order valence-corrected chi connectivity index (χ3v) is 6.87. The van der Waals surface area contributed by atoms with Gasteiger partial charge in [0.05, 0.1) is 25.0 Å². The highest BCUT2D eigenvalue weighted by molar-refractivity contribution is 7.92. The molecule has 3 aromatic rings. The first-order chi connectivity index (χ1) is 17.2. The highest BCUT2D eigenvalue weighted by Gasteiger charge is 2.21. The van der Waals surface area contributed by atoms with E-state index >= 15 is 0 Å². The average molecular weight is 511 g/mol. The van der Waals surface area contributed by atoms with E-state index in [-0.39, 0.29) is 12.5 Å².